The number of carbonyl (C=O) groups excluding carboxylic acids is 1. The molecule has 3 aromatic rings. The first kappa shape index (κ1) is 21.0. The maximum absolute atomic E-state index is 11.8. The highest BCUT2D eigenvalue weighted by molar-refractivity contribution is 5.73. The van der Waals surface area contributed by atoms with Crippen LogP contribution in [-0.4, -0.2) is 51.1 Å². The van der Waals surface area contributed by atoms with Gasteiger partial charge in [-0.3, -0.25) is 9.78 Å². The predicted octanol–water partition coefficient (Wildman–Crippen LogP) is 3.52. The fourth-order valence-electron chi connectivity index (χ4n) is 4.05. The summed E-state index contributed by atoms with van der Waals surface area (Å²) >= 11 is 0. The number of nitrogens with zero attached hydrogens (tertiary/aromatic N) is 6. The van der Waals surface area contributed by atoms with Crippen molar-refractivity contribution in [3.8, 4) is 0 Å². The Kier molecular flexibility index (Phi) is 6.01. The van der Waals surface area contributed by atoms with E-state index in [1.165, 1.54) is 0 Å². The van der Waals surface area contributed by atoms with Gasteiger partial charge in [-0.1, -0.05) is 6.92 Å². The van der Waals surface area contributed by atoms with Crippen molar-refractivity contribution in [3.05, 3.63) is 36.5 Å². The minimum Gasteiger partial charge on any atom is -0.454 e. The van der Waals surface area contributed by atoms with Crippen LogP contribution in [0.25, 0.3) is 11.1 Å². The molecule has 0 spiro atoms. The third-order valence-corrected chi connectivity index (χ3v) is 5.42. The first-order chi connectivity index (χ1) is 15.0. The molecule has 1 aliphatic rings. The number of fused-ring (bicyclic) bond motifs is 1. The highest BCUT2D eigenvalue weighted by atomic mass is 16.5. The number of pyridine rings is 1. The van der Waals surface area contributed by atoms with Crippen molar-refractivity contribution in [2.75, 3.05) is 22.9 Å². The molecular formula is C22H28N6O3. The zero-order valence-corrected chi connectivity index (χ0v) is 18.4. The van der Waals surface area contributed by atoms with Crippen LogP contribution in [0.1, 0.15) is 52.5 Å². The van der Waals surface area contributed by atoms with Gasteiger partial charge in [-0.2, -0.15) is 4.98 Å². The summed E-state index contributed by atoms with van der Waals surface area (Å²) in [6, 6.07) is 4.69. The smallest absolute Gasteiger partial charge is 0.306 e. The summed E-state index contributed by atoms with van der Waals surface area (Å²) in [6.07, 6.45) is 5.78. The van der Waals surface area contributed by atoms with E-state index in [0.717, 1.165) is 30.8 Å². The lowest BCUT2D eigenvalue weighted by Crippen LogP contribution is -2.57. The number of rotatable bonds is 6. The minimum absolute atomic E-state index is 0.164. The molecule has 3 atom stereocenters. The van der Waals surface area contributed by atoms with Crippen LogP contribution in [-0.2, 0) is 9.53 Å². The number of hydrogen-bond donors (Lipinski definition) is 0. The minimum atomic E-state index is -0.487. The fraction of sp³-hybridized carbons (Fsp3) is 0.500. The van der Waals surface area contributed by atoms with Crippen molar-refractivity contribution in [2.45, 2.75) is 58.7 Å². The lowest BCUT2D eigenvalue weighted by Gasteiger charge is -2.44. The predicted molar refractivity (Wildman–Crippen MR) is 117 cm³/mol. The van der Waals surface area contributed by atoms with E-state index in [1.807, 2.05) is 19.1 Å². The van der Waals surface area contributed by atoms with Crippen LogP contribution >= 0.6 is 0 Å². The molecule has 0 saturated carbocycles. The average Bonchev–Trinajstić information content (AvgIpc) is 3.18. The van der Waals surface area contributed by atoms with E-state index in [0.29, 0.717) is 23.8 Å². The van der Waals surface area contributed by atoms with Crippen LogP contribution in [0.3, 0.4) is 0 Å². The third-order valence-electron chi connectivity index (χ3n) is 5.42. The number of carbonyl (C=O) groups is 1. The molecule has 9 nitrogen and oxygen atoms in total. The Bertz CT molecular complexity index is 1010. The van der Waals surface area contributed by atoms with E-state index in [1.54, 1.807) is 25.5 Å². The van der Waals surface area contributed by atoms with Crippen LogP contribution in [0.15, 0.2) is 35.1 Å². The van der Waals surface area contributed by atoms with Gasteiger partial charge in [0, 0.05) is 44.0 Å². The van der Waals surface area contributed by atoms with Gasteiger partial charge >= 0.3 is 5.97 Å². The second-order valence-corrected chi connectivity index (χ2v) is 8.01. The molecule has 0 bridgehead atoms. The van der Waals surface area contributed by atoms with Gasteiger partial charge < -0.3 is 19.0 Å². The summed E-state index contributed by atoms with van der Waals surface area (Å²) in [5.41, 5.74) is 1.49. The van der Waals surface area contributed by atoms with Gasteiger partial charge in [-0.25, -0.2) is 9.97 Å². The quantitative estimate of drug-likeness (QED) is 0.550. The molecule has 4 rings (SSSR count). The van der Waals surface area contributed by atoms with Gasteiger partial charge in [0.05, 0.1) is 6.20 Å². The Balaban J connectivity index is 1.50. The maximum atomic E-state index is 11.8. The maximum Gasteiger partial charge on any atom is 0.306 e. The van der Waals surface area contributed by atoms with Crippen molar-refractivity contribution in [3.63, 3.8) is 0 Å². The van der Waals surface area contributed by atoms with Crippen LogP contribution in [0.5, 0.6) is 0 Å². The topological polar surface area (TPSA) is 97.5 Å². The first-order valence-corrected chi connectivity index (χ1v) is 10.7. The van der Waals surface area contributed by atoms with Gasteiger partial charge in [0.2, 0.25) is 0 Å². The van der Waals surface area contributed by atoms with Crippen molar-refractivity contribution < 1.29 is 13.9 Å². The normalized spacial score (nSPS) is 20.1. The number of aromatic nitrogens is 4. The van der Waals surface area contributed by atoms with Gasteiger partial charge in [0.25, 0.3) is 6.01 Å². The molecule has 0 N–H and O–H groups in total. The van der Waals surface area contributed by atoms with Crippen molar-refractivity contribution in [1.29, 1.82) is 0 Å². The van der Waals surface area contributed by atoms with E-state index < -0.39 is 6.10 Å². The zero-order valence-electron chi connectivity index (χ0n) is 18.4. The number of piperazine rings is 1. The Morgan fingerprint density at radius 1 is 1.23 bits per heavy atom. The Labute approximate surface area is 181 Å². The van der Waals surface area contributed by atoms with Gasteiger partial charge in [0.15, 0.2) is 17.5 Å². The molecule has 0 aliphatic carbocycles. The van der Waals surface area contributed by atoms with Gasteiger partial charge in [0.1, 0.15) is 11.3 Å². The molecule has 31 heavy (non-hydrogen) atoms. The van der Waals surface area contributed by atoms with E-state index in [-0.39, 0.29) is 18.1 Å². The highest BCUT2D eigenvalue weighted by Crippen LogP contribution is 2.28. The Morgan fingerprint density at radius 2 is 2.00 bits per heavy atom. The largest absolute Gasteiger partial charge is 0.454 e. The molecule has 164 valence electrons. The summed E-state index contributed by atoms with van der Waals surface area (Å²) in [5.74, 6) is 1.10. The van der Waals surface area contributed by atoms with Gasteiger partial charge in [-0.05, 0) is 39.3 Å². The first-order valence-electron chi connectivity index (χ1n) is 10.7. The molecule has 0 unspecified atom stereocenters. The molecule has 0 radical (unpaired) electrons. The Hall–Kier alpha value is -3.23. The lowest BCUT2D eigenvalue weighted by atomic mass is 10.1. The van der Waals surface area contributed by atoms with Crippen LogP contribution in [0.4, 0.5) is 11.8 Å². The molecule has 3 aromatic heterocycles. The summed E-state index contributed by atoms with van der Waals surface area (Å²) in [7, 11) is 0. The molecule has 0 aromatic carbocycles. The number of oxazole rings is 1. The lowest BCUT2D eigenvalue weighted by molar-refractivity contribution is -0.149. The standard InChI is InChI=1S/C22H28N6O3/c1-5-6-20(29)30-16(4)21-24-10-8-19(26-21)28-14(2)12-27(13-15(28)3)22-25-17-7-9-23-11-18(17)31-22/h7-11,14-16H,5-6,12-13H2,1-4H3/t14-,15+,16-/m1/s1. The molecule has 4 heterocycles. The zero-order chi connectivity index (χ0) is 22.0. The number of hydrogen-bond acceptors (Lipinski definition) is 9. The monoisotopic (exact) mass is 424 g/mol. The summed E-state index contributed by atoms with van der Waals surface area (Å²) in [4.78, 5) is 34.0. The fourth-order valence-corrected chi connectivity index (χ4v) is 4.05. The molecule has 1 saturated heterocycles. The van der Waals surface area contributed by atoms with E-state index in [9.17, 15) is 4.79 Å². The van der Waals surface area contributed by atoms with Crippen LogP contribution in [0.2, 0.25) is 0 Å². The Morgan fingerprint density at radius 3 is 2.71 bits per heavy atom. The summed E-state index contributed by atoms with van der Waals surface area (Å²) < 4.78 is 11.4. The third kappa shape index (κ3) is 4.45. The second kappa shape index (κ2) is 8.87. The van der Waals surface area contributed by atoms with Crippen molar-refractivity contribution in [2.24, 2.45) is 0 Å². The molecular weight excluding hydrogens is 396 g/mol. The van der Waals surface area contributed by atoms with Crippen LogP contribution < -0.4 is 9.80 Å². The summed E-state index contributed by atoms with van der Waals surface area (Å²) in [5, 5.41) is 0. The van der Waals surface area contributed by atoms with Gasteiger partial charge in [-0.15, -0.1) is 0 Å². The SMILES string of the molecule is CCCC(=O)O[C@H](C)c1nccc(N2[C@H](C)CN(c3nc4ccncc4o3)C[C@@H]2C)n1. The van der Waals surface area contributed by atoms with E-state index in [4.69, 9.17) is 14.1 Å². The number of anilines is 2. The molecule has 1 aliphatic heterocycles. The molecule has 9 heteroatoms. The molecule has 1 fully saturated rings. The second-order valence-electron chi connectivity index (χ2n) is 8.01. The molecule has 0 amide bonds. The average molecular weight is 425 g/mol. The number of esters is 1. The van der Waals surface area contributed by atoms with E-state index in [2.05, 4.69) is 38.6 Å². The van der Waals surface area contributed by atoms with E-state index >= 15 is 0 Å². The van der Waals surface area contributed by atoms with Crippen molar-refractivity contribution >= 4 is 28.9 Å². The van der Waals surface area contributed by atoms with Crippen LogP contribution in [0, 0.1) is 0 Å². The number of ether oxygens (including phenoxy) is 1. The highest BCUT2D eigenvalue weighted by Gasteiger charge is 2.33. The summed E-state index contributed by atoms with van der Waals surface area (Å²) in [6.45, 7) is 9.54. The van der Waals surface area contributed by atoms with Crippen molar-refractivity contribution in [1.82, 2.24) is 19.9 Å².